The molecule has 0 radical (unpaired) electrons. The van der Waals surface area contributed by atoms with Crippen LogP contribution in [0, 0.1) is 17.6 Å². The molecular weight excluding hydrogens is 458 g/mol. The van der Waals surface area contributed by atoms with Crippen molar-refractivity contribution in [1.29, 1.82) is 0 Å². The van der Waals surface area contributed by atoms with E-state index in [2.05, 4.69) is 22.3 Å². The number of carbonyl (C=O) groups excluding carboxylic acids is 1. The first-order valence-electron chi connectivity index (χ1n) is 12.7. The number of rotatable bonds is 9. The summed E-state index contributed by atoms with van der Waals surface area (Å²) in [6.45, 7) is 6.47. The highest BCUT2D eigenvalue weighted by Gasteiger charge is 2.23. The van der Waals surface area contributed by atoms with Gasteiger partial charge in [0.2, 0.25) is 5.91 Å². The highest BCUT2D eigenvalue weighted by Crippen LogP contribution is 2.32. The van der Waals surface area contributed by atoms with Crippen molar-refractivity contribution in [3.8, 4) is 5.75 Å². The Labute approximate surface area is 212 Å². The molecule has 0 aliphatic carbocycles. The van der Waals surface area contributed by atoms with Gasteiger partial charge in [-0.3, -0.25) is 4.79 Å². The van der Waals surface area contributed by atoms with E-state index < -0.39 is 11.6 Å². The van der Waals surface area contributed by atoms with Gasteiger partial charge < -0.3 is 15.0 Å². The van der Waals surface area contributed by atoms with E-state index >= 15 is 0 Å². The van der Waals surface area contributed by atoms with Crippen LogP contribution in [0.1, 0.15) is 56.3 Å². The summed E-state index contributed by atoms with van der Waals surface area (Å²) in [5.41, 5.74) is 3.04. The number of likely N-dealkylation sites (tertiary alicyclic amines) is 1. The molecule has 0 aromatic heterocycles. The summed E-state index contributed by atoms with van der Waals surface area (Å²) in [5, 5.41) is 2.99. The zero-order valence-corrected chi connectivity index (χ0v) is 20.9. The highest BCUT2D eigenvalue weighted by atomic mass is 19.1. The van der Waals surface area contributed by atoms with Crippen LogP contribution in [0.25, 0.3) is 0 Å². The number of halogens is 2. The van der Waals surface area contributed by atoms with E-state index in [0.29, 0.717) is 12.3 Å². The monoisotopic (exact) mass is 492 g/mol. The van der Waals surface area contributed by atoms with Gasteiger partial charge >= 0.3 is 0 Å². The summed E-state index contributed by atoms with van der Waals surface area (Å²) in [6.07, 6.45) is 2.34. The molecule has 1 amide bonds. The van der Waals surface area contributed by atoms with Crippen LogP contribution in [0.15, 0.2) is 72.8 Å². The number of amides is 1. The van der Waals surface area contributed by atoms with E-state index in [0.717, 1.165) is 61.9 Å². The zero-order chi connectivity index (χ0) is 25.5. The van der Waals surface area contributed by atoms with Crippen LogP contribution in [0.2, 0.25) is 0 Å². The average molecular weight is 493 g/mol. The smallest absolute Gasteiger partial charge is 0.226 e. The fourth-order valence-corrected chi connectivity index (χ4v) is 4.63. The van der Waals surface area contributed by atoms with Gasteiger partial charge in [-0.2, -0.15) is 0 Å². The first kappa shape index (κ1) is 25.8. The second kappa shape index (κ2) is 12.1. The molecule has 0 bridgehead atoms. The molecule has 3 aromatic rings. The first-order valence-corrected chi connectivity index (χ1v) is 12.7. The third kappa shape index (κ3) is 6.91. The second-order valence-electron chi connectivity index (χ2n) is 9.77. The predicted octanol–water partition coefficient (Wildman–Crippen LogP) is 6.95. The second-order valence-corrected chi connectivity index (χ2v) is 9.77. The van der Waals surface area contributed by atoms with Crippen molar-refractivity contribution in [3.63, 3.8) is 0 Å². The third-order valence-corrected chi connectivity index (χ3v) is 6.78. The Hall–Kier alpha value is -3.25. The number of carbonyl (C=O) groups is 1. The molecule has 4 rings (SSSR count). The molecule has 1 N–H and O–H groups in total. The molecule has 1 saturated heterocycles. The lowest BCUT2D eigenvalue weighted by Gasteiger charge is -2.33. The molecule has 1 aliphatic heterocycles. The molecule has 0 saturated carbocycles. The molecule has 36 heavy (non-hydrogen) atoms. The van der Waals surface area contributed by atoms with Gasteiger partial charge in [0.15, 0.2) is 11.6 Å². The summed E-state index contributed by atoms with van der Waals surface area (Å²) in [5.74, 6) is -0.738. The maximum Gasteiger partial charge on any atom is 0.226 e. The Morgan fingerprint density at radius 2 is 1.75 bits per heavy atom. The fraction of sp³-hybridized carbons (Fsp3) is 0.367. The van der Waals surface area contributed by atoms with Gasteiger partial charge in [0.25, 0.3) is 0 Å². The lowest BCUT2D eigenvalue weighted by Crippen LogP contribution is -2.34. The van der Waals surface area contributed by atoms with E-state index in [1.807, 2.05) is 56.3 Å². The molecule has 6 heteroatoms. The van der Waals surface area contributed by atoms with Gasteiger partial charge in [0.1, 0.15) is 11.9 Å². The van der Waals surface area contributed by atoms with E-state index in [-0.39, 0.29) is 23.7 Å². The topological polar surface area (TPSA) is 41.6 Å². The molecule has 0 spiro atoms. The Bertz CT molecular complexity index is 1140. The summed E-state index contributed by atoms with van der Waals surface area (Å²) in [7, 11) is 0. The number of benzene rings is 3. The lowest BCUT2D eigenvalue weighted by molar-refractivity contribution is -0.118. The van der Waals surface area contributed by atoms with Crippen molar-refractivity contribution in [1.82, 2.24) is 4.90 Å². The van der Waals surface area contributed by atoms with Gasteiger partial charge in [-0.05, 0) is 67.2 Å². The SMILES string of the molecule is CC(C)C(=O)Nc1cccc(C2CCN(CC[C@H](Oc3cc(F)ccc3F)c3ccccc3)CC2)c1. The van der Waals surface area contributed by atoms with Crippen molar-refractivity contribution < 1.29 is 18.3 Å². The number of hydrogen-bond donors (Lipinski definition) is 1. The average Bonchev–Trinajstić information content (AvgIpc) is 2.89. The quantitative estimate of drug-likeness (QED) is 0.351. The molecule has 1 fully saturated rings. The largest absolute Gasteiger partial charge is 0.483 e. The number of anilines is 1. The van der Waals surface area contributed by atoms with Gasteiger partial charge in [0, 0.05) is 30.6 Å². The number of hydrogen-bond acceptors (Lipinski definition) is 3. The predicted molar refractivity (Wildman–Crippen MR) is 139 cm³/mol. The molecule has 1 atom stereocenters. The first-order chi connectivity index (χ1) is 17.4. The van der Waals surface area contributed by atoms with Crippen LogP contribution in [0.4, 0.5) is 14.5 Å². The minimum Gasteiger partial charge on any atom is -0.483 e. The Morgan fingerprint density at radius 3 is 2.47 bits per heavy atom. The summed E-state index contributed by atoms with van der Waals surface area (Å²) in [4.78, 5) is 14.5. The standard InChI is InChI=1S/C30H34F2N2O2/c1-21(2)30(35)33-26-10-6-9-24(19-26)22-13-16-34(17-14-22)18-15-28(23-7-4-3-5-8-23)36-29-20-25(31)11-12-27(29)32/h3-12,19-22,28H,13-18H2,1-2H3,(H,33,35)/t28-/m0/s1. The van der Waals surface area contributed by atoms with E-state index in [1.165, 1.54) is 5.56 Å². The Morgan fingerprint density at radius 1 is 1.00 bits per heavy atom. The number of ether oxygens (including phenoxy) is 1. The molecule has 3 aromatic carbocycles. The molecule has 1 aliphatic rings. The molecule has 0 unspecified atom stereocenters. The van der Waals surface area contributed by atoms with Crippen molar-refractivity contribution in [2.75, 3.05) is 25.0 Å². The Balaban J connectivity index is 1.35. The van der Waals surface area contributed by atoms with E-state index in [4.69, 9.17) is 4.74 Å². The van der Waals surface area contributed by atoms with Crippen molar-refractivity contribution in [2.24, 2.45) is 5.92 Å². The van der Waals surface area contributed by atoms with Gasteiger partial charge in [0.05, 0.1) is 0 Å². The minimum atomic E-state index is -0.565. The van der Waals surface area contributed by atoms with Crippen LogP contribution < -0.4 is 10.1 Å². The summed E-state index contributed by atoms with van der Waals surface area (Å²) < 4.78 is 33.9. The van der Waals surface area contributed by atoms with E-state index in [9.17, 15) is 13.6 Å². The normalized spacial score (nSPS) is 15.6. The molecule has 4 nitrogen and oxygen atoms in total. The van der Waals surface area contributed by atoms with Gasteiger partial charge in [-0.1, -0.05) is 56.3 Å². The van der Waals surface area contributed by atoms with Crippen molar-refractivity contribution in [3.05, 3.63) is 95.6 Å². The number of nitrogens with one attached hydrogen (secondary N) is 1. The Kier molecular flexibility index (Phi) is 8.70. The molecule has 1 heterocycles. The maximum atomic E-state index is 14.3. The number of nitrogens with zero attached hydrogens (tertiary/aromatic N) is 1. The third-order valence-electron chi connectivity index (χ3n) is 6.78. The maximum absolute atomic E-state index is 14.3. The number of piperidine rings is 1. The van der Waals surface area contributed by atoms with Crippen LogP contribution in [-0.2, 0) is 4.79 Å². The summed E-state index contributed by atoms with van der Waals surface area (Å²) in [6, 6.07) is 21.2. The van der Waals surface area contributed by atoms with Gasteiger partial charge in [-0.15, -0.1) is 0 Å². The van der Waals surface area contributed by atoms with Gasteiger partial charge in [-0.25, -0.2) is 8.78 Å². The van der Waals surface area contributed by atoms with Crippen LogP contribution in [0.5, 0.6) is 5.75 Å². The van der Waals surface area contributed by atoms with Crippen LogP contribution in [0.3, 0.4) is 0 Å². The van der Waals surface area contributed by atoms with Crippen molar-refractivity contribution >= 4 is 11.6 Å². The van der Waals surface area contributed by atoms with Crippen molar-refractivity contribution in [2.45, 2.75) is 45.1 Å². The van der Waals surface area contributed by atoms with Crippen LogP contribution in [-0.4, -0.2) is 30.4 Å². The molecule has 190 valence electrons. The summed E-state index contributed by atoms with van der Waals surface area (Å²) >= 11 is 0. The lowest BCUT2D eigenvalue weighted by atomic mass is 9.89. The minimum absolute atomic E-state index is 0.0234. The molecular formula is C30H34F2N2O2. The fourth-order valence-electron chi connectivity index (χ4n) is 4.63. The highest BCUT2D eigenvalue weighted by molar-refractivity contribution is 5.92. The van der Waals surface area contributed by atoms with E-state index in [1.54, 1.807) is 0 Å². The zero-order valence-electron chi connectivity index (χ0n) is 20.9. The van der Waals surface area contributed by atoms with Crippen LogP contribution >= 0.6 is 0 Å².